The highest BCUT2D eigenvalue weighted by Gasteiger charge is 2.33. The standard InChI is InChI=1S/C33H30N2O6S2/c1-19(2)41-32(37)29-20(3)34-33-35(30(29)23-8-12-25(42-4)13-9-23)31(36)28(43-33)16-21-5-10-24(11-6-21)38-17-22-7-14-26-27(15-22)40-18-39-26/h5-16,19,30H,17-18H2,1-4H3/b28-16-/t30-/m0/s1. The Balaban J connectivity index is 1.30. The number of rotatable bonds is 8. The molecule has 0 saturated carbocycles. The quantitative estimate of drug-likeness (QED) is 0.199. The summed E-state index contributed by atoms with van der Waals surface area (Å²) in [6.07, 6.45) is 3.54. The number of carbonyl (C=O) groups is 1. The van der Waals surface area contributed by atoms with Crippen LogP contribution in [-0.2, 0) is 16.1 Å². The first-order valence-electron chi connectivity index (χ1n) is 13.8. The zero-order valence-electron chi connectivity index (χ0n) is 24.2. The van der Waals surface area contributed by atoms with Crippen LogP contribution < -0.4 is 29.1 Å². The van der Waals surface area contributed by atoms with E-state index >= 15 is 0 Å². The van der Waals surface area contributed by atoms with Crippen LogP contribution in [0.1, 0.15) is 43.5 Å². The second-order valence-corrected chi connectivity index (χ2v) is 12.2. The number of thioether (sulfide) groups is 1. The molecule has 3 aromatic carbocycles. The molecule has 0 spiro atoms. The van der Waals surface area contributed by atoms with Gasteiger partial charge in [0.1, 0.15) is 12.4 Å². The molecule has 2 aliphatic rings. The van der Waals surface area contributed by atoms with Crippen LogP contribution in [0.25, 0.3) is 6.08 Å². The van der Waals surface area contributed by atoms with E-state index in [1.165, 1.54) is 11.3 Å². The number of allylic oxidation sites excluding steroid dienone is 1. The second kappa shape index (κ2) is 12.1. The highest BCUT2D eigenvalue weighted by molar-refractivity contribution is 7.98. The van der Waals surface area contributed by atoms with Gasteiger partial charge in [-0.2, -0.15) is 0 Å². The highest BCUT2D eigenvalue weighted by atomic mass is 32.2. The molecule has 0 saturated heterocycles. The van der Waals surface area contributed by atoms with E-state index in [4.69, 9.17) is 18.9 Å². The third kappa shape index (κ3) is 5.98. The highest BCUT2D eigenvalue weighted by Crippen LogP contribution is 2.33. The van der Waals surface area contributed by atoms with Crippen LogP contribution in [0.2, 0.25) is 0 Å². The minimum Gasteiger partial charge on any atom is -0.489 e. The van der Waals surface area contributed by atoms with Gasteiger partial charge in [-0.05, 0) is 86.2 Å². The summed E-state index contributed by atoms with van der Waals surface area (Å²) in [6, 6.07) is 20.5. The summed E-state index contributed by atoms with van der Waals surface area (Å²) in [7, 11) is 0. The molecule has 2 aliphatic heterocycles. The molecule has 6 rings (SSSR count). The van der Waals surface area contributed by atoms with E-state index in [-0.39, 0.29) is 18.5 Å². The van der Waals surface area contributed by atoms with E-state index in [1.807, 2.05) is 79.1 Å². The van der Waals surface area contributed by atoms with E-state index < -0.39 is 12.0 Å². The number of fused-ring (bicyclic) bond motifs is 2. The summed E-state index contributed by atoms with van der Waals surface area (Å²) in [5.41, 5.74) is 3.33. The minimum absolute atomic E-state index is 0.215. The van der Waals surface area contributed by atoms with Gasteiger partial charge < -0.3 is 18.9 Å². The van der Waals surface area contributed by atoms with Crippen molar-refractivity contribution in [2.45, 2.75) is 44.4 Å². The number of thiazole rings is 1. The summed E-state index contributed by atoms with van der Waals surface area (Å²) in [6.45, 7) is 6.02. The summed E-state index contributed by atoms with van der Waals surface area (Å²) >= 11 is 2.93. The maximum atomic E-state index is 13.9. The second-order valence-electron chi connectivity index (χ2n) is 10.4. The molecule has 1 atom stereocenters. The van der Waals surface area contributed by atoms with Gasteiger partial charge in [0.2, 0.25) is 6.79 Å². The SMILES string of the molecule is CSc1ccc([C@H]2C(C(=O)OC(C)C)=C(C)N=c3s/c(=C\c4ccc(OCc5ccc6c(c5)OCO6)cc4)c(=O)n32)cc1. The van der Waals surface area contributed by atoms with Gasteiger partial charge >= 0.3 is 5.97 Å². The molecule has 220 valence electrons. The van der Waals surface area contributed by atoms with E-state index in [2.05, 4.69) is 4.99 Å². The lowest BCUT2D eigenvalue weighted by Crippen LogP contribution is -2.40. The van der Waals surface area contributed by atoms with E-state index in [0.717, 1.165) is 33.1 Å². The molecule has 10 heteroatoms. The minimum atomic E-state index is -0.646. The average molecular weight is 615 g/mol. The molecule has 0 unspecified atom stereocenters. The number of esters is 1. The normalized spacial score (nSPS) is 15.8. The molecule has 8 nitrogen and oxygen atoms in total. The number of nitrogens with zero attached hydrogens (tertiary/aromatic N) is 2. The first kappa shape index (κ1) is 28.8. The van der Waals surface area contributed by atoms with E-state index in [0.29, 0.717) is 33.0 Å². The Morgan fingerprint density at radius 2 is 1.84 bits per heavy atom. The number of carbonyl (C=O) groups excluding carboxylic acids is 1. The molecule has 4 aromatic rings. The lowest BCUT2D eigenvalue weighted by molar-refractivity contribution is -0.143. The summed E-state index contributed by atoms with van der Waals surface area (Å²) in [5, 5.41) is 0. The Labute approximate surface area is 256 Å². The van der Waals surface area contributed by atoms with Crippen molar-refractivity contribution >= 4 is 35.1 Å². The third-order valence-corrected chi connectivity index (χ3v) is 8.76. The van der Waals surface area contributed by atoms with Crippen molar-refractivity contribution in [2.24, 2.45) is 4.99 Å². The van der Waals surface area contributed by atoms with Crippen molar-refractivity contribution in [3.8, 4) is 17.2 Å². The lowest BCUT2D eigenvalue weighted by atomic mass is 9.96. The maximum Gasteiger partial charge on any atom is 0.338 e. The van der Waals surface area contributed by atoms with Crippen molar-refractivity contribution in [2.75, 3.05) is 13.0 Å². The van der Waals surface area contributed by atoms with Gasteiger partial charge in [0.25, 0.3) is 5.56 Å². The fourth-order valence-electron chi connectivity index (χ4n) is 4.97. The first-order chi connectivity index (χ1) is 20.8. The molecule has 0 amide bonds. The van der Waals surface area contributed by atoms with Gasteiger partial charge in [0, 0.05) is 4.90 Å². The largest absolute Gasteiger partial charge is 0.489 e. The molecule has 0 aliphatic carbocycles. The summed E-state index contributed by atoms with van der Waals surface area (Å²) in [4.78, 5) is 33.5. The lowest BCUT2D eigenvalue weighted by Gasteiger charge is -2.25. The van der Waals surface area contributed by atoms with Gasteiger partial charge in [-0.1, -0.05) is 41.7 Å². The van der Waals surface area contributed by atoms with Gasteiger partial charge in [-0.25, -0.2) is 9.79 Å². The molecular formula is C33H30N2O6S2. The molecule has 0 radical (unpaired) electrons. The third-order valence-electron chi connectivity index (χ3n) is 7.04. The zero-order chi connectivity index (χ0) is 30.1. The Hall–Kier alpha value is -4.28. The molecule has 0 fully saturated rings. The molecule has 0 bridgehead atoms. The fraction of sp³-hybridized carbons (Fsp3) is 0.242. The van der Waals surface area contributed by atoms with Crippen LogP contribution in [-0.4, -0.2) is 29.7 Å². The average Bonchev–Trinajstić information content (AvgIpc) is 3.59. The van der Waals surface area contributed by atoms with E-state index in [9.17, 15) is 9.59 Å². The van der Waals surface area contributed by atoms with Crippen molar-refractivity contribution < 1.29 is 23.7 Å². The van der Waals surface area contributed by atoms with Crippen molar-refractivity contribution in [1.82, 2.24) is 4.57 Å². The molecule has 0 N–H and O–H groups in total. The van der Waals surface area contributed by atoms with Gasteiger partial charge in [-0.15, -0.1) is 11.8 Å². The van der Waals surface area contributed by atoms with Crippen molar-refractivity contribution in [3.63, 3.8) is 0 Å². The van der Waals surface area contributed by atoms with E-state index in [1.54, 1.807) is 37.1 Å². The number of aromatic nitrogens is 1. The summed E-state index contributed by atoms with van der Waals surface area (Å²) in [5.74, 6) is 1.69. The molecule has 3 heterocycles. The van der Waals surface area contributed by atoms with Crippen LogP contribution in [0.4, 0.5) is 0 Å². The Morgan fingerprint density at radius 1 is 1.09 bits per heavy atom. The number of hydrogen-bond acceptors (Lipinski definition) is 9. The topological polar surface area (TPSA) is 88.4 Å². The number of ether oxygens (including phenoxy) is 4. The van der Waals surface area contributed by atoms with Crippen LogP contribution in [0, 0.1) is 0 Å². The molecular weight excluding hydrogens is 585 g/mol. The maximum absolute atomic E-state index is 13.9. The van der Waals surface area contributed by atoms with Crippen molar-refractivity contribution in [1.29, 1.82) is 0 Å². The number of hydrogen-bond donors (Lipinski definition) is 0. The Kier molecular flexibility index (Phi) is 8.14. The predicted molar refractivity (Wildman–Crippen MR) is 167 cm³/mol. The zero-order valence-corrected chi connectivity index (χ0v) is 25.8. The van der Waals surface area contributed by atoms with Crippen LogP contribution >= 0.6 is 23.1 Å². The Morgan fingerprint density at radius 3 is 2.56 bits per heavy atom. The van der Waals surface area contributed by atoms with Gasteiger partial charge in [-0.3, -0.25) is 9.36 Å². The molecule has 43 heavy (non-hydrogen) atoms. The van der Waals surface area contributed by atoms with Crippen molar-refractivity contribution in [3.05, 3.63) is 114 Å². The van der Waals surface area contributed by atoms with Crippen LogP contribution in [0.5, 0.6) is 17.2 Å². The van der Waals surface area contributed by atoms with Crippen LogP contribution in [0.3, 0.4) is 0 Å². The predicted octanol–water partition coefficient (Wildman–Crippen LogP) is 5.22. The summed E-state index contributed by atoms with van der Waals surface area (Å²) < 4.78 is 24.5. The fourth-order valence-corrected chi connectivity index (χ4v) is 6.43. The molecule has 1 aromatic heterocycles. The van der Waals surface area contributed by atoms with Crippen LogP contribution in [0.15, 0.2) is 92.7 Å². The monoisotopic (exact) mass is 614 g/mol. The number of benzene rings is 3. The Bertz CT molecular complexity index is 1890. The smallest absolute Gasteiger partial charge is 0.338 e. The first-order valence-corrected chi connectivity index (χ1v) is 15.8. The van der Waals surface area contributed by atoms with Gasteiger partial charge in [0.15, 0.2) is 16.3 Å². The van der Waals surface area contributed by atoms with Gasteiger partial charge in [0.05, 0.1) is 27.9 Å².